The molecule has 158 valence electrons. The first-order chi connectivity index (χ1) is 16.8. The van der Waals surface area contributed by atoms with Crippen LogP contribution < -0.4 is 5.46 Å². The van der Waals surface area contributed by atoms with Crippen LogP contribution in [0.3, 0.4) is 0 Å². The molecular weight excluding hydrogens is 413 g/mol. The minimum absolute atomic E-state index is 0.0335. The Balaban J connectivity index is 1.68. The molecule has 8 rings (SSSR count). The maximum absolute atomic E-state index is 10.1. The topological polar surface area (TPSA) is 25.2 Å². The number of rotatable bonds is 1. The number of fused-ring (bicyclic) bond motifs is 12. The predicted octanol–water partition coefficient (Wildman–Crippen LogP) is 5.43. The van der Waals surface area contributed by atoms with E-state index in [4.69, 9.17) is 0 Å². The van der Waals surface area contributed by atoms with Crippen LogP contribution in [0.5, 0.6) is 0 Å². The molecule has 0 amide bonds. The van der Waals surface area contributed by atoms with Crippen molar-refractivity contribution in [3.05, 3.63) is 131 Å². The van der Waals surface area contributed by atoms with E-state index in [1.54, 1.807) is 0 Å². The normalized spacial score (nSPS) is 17.1. The van der Waals surface area contributed by atoms with Crippen molar-refractivity contribution in [2.75, 3.05) is 0 Å². The van der Waals surface area contributed by atoms with Crippen molar-refractivity contribution in [2.24, 2.45) is 0 Å². The molecule has 34 heavy (non-hydrogen) atoms. The highest BCUT2D eigenvalue weighted by atomic mass is 16.2. The Kier molecular flexibility index (Phi) is 3.39. The number of para-hydroxylation sites is 3. The highest BCUT2D eigenvalue weighted by Crippen LogP contribution is 2.60. The van der Waals surface area contributed by atoms with Crippen LogP contribution in [0.2, 0.25) is 0 Å². The zero-order valence-corrected chi connectivity index (χ0v) is 18.5. The molecule has 1 N–H and O–H groups in total. The van der Waals surface area contributed by atoms with Crippen LogP contribution in [0.25, 0.3) is 38.6 Å². The summed E-state index contributed by atoms with van der Waals surface area (Å²) in [5.74, 6) is 0. The molecule has 0 fully saturated rings. The maximum Gasteiger partial charge on any atom is 0.304 e. The number of nitrogens with zero attached hydrogens (tertiary/aromatic N) is 1. The summed E-state index contributed by atoms with van der Waals surface area (Å²) in [7, 11) is 0.0335. The van der Waals surface area contributed by atoms with E-state index in [1.165, 1.54) is 60.9 Å². The van der Waals surface area contributed by atoms with Crippen molar-refractivity contribution < 1.29 is 5.02 Å². The van der Waals surface area contributed by atoms with Gasteiger partial charge in [0, 0.05) is 10.8 Å². The van der Waals surface area contributed by atoms with E-state index >= 15 is 0 Å². The van der Waals surface area contributed by atoms with Gasteiger partial charge in [-0.2, -0.15) is 0 Å². The first-order valence-electron chi connectivity index (χ1n) is 11.8. The largest absolute Gasteiger partial charge is 0.449 e. The Morgan fingerprint density at radius 2 is 1.29 bits per heavy atom. The summed E-state index contributed by atoms with van der Waals surface area (Å²) in [6, 6.07) is 39.7. The second-order valence-corrected chi connectivity index (χ2v) is 9.41. The van der Waals surface area contributed by atoms with Crippen molar-refractivity contribution >= 4 is 34.8 Å². The number of aromatic nitrogens is 1. The second-order valence-electron chi connectivity index (χ2n) is 9.41. The molecule has 2 aliphatic rings. The molecule has 1 aromatic heterocycles. The highest BCUT2D eigenvalue weighted by Gasteiger charge is 2.50. The lowest BCUT2D eigenvalue weighted by Crippen LogP contribution is -2.34. The van der Waals surface area contributed by atoms with E-state index in [0.29, 0.717) is 0 Å². The average molecular weight is 433 g/mol. The van der Waals surface area contributed by atoms with Gasteiger partial charge in [0.2, 0.25) is 0 Å². The molecule has 1 unspecified atom stereocenters. The SMILES string of the molecule is OBc1ccc2c(c1)C1(c3ccccc3-2)c2ccccc2-n2c3ccccc3c3cccc1c32. The van der Waals surface area contributed by atoms with Crippen molar-refractivity contribution in [3.63, 3.8) is 0 Å². The molecule has 3 heteroatoms. The van der Waals surface area contributed by atoms with E-state index in [0.717, 1.165) is 5.46 Å². The quantitative estimate of drug-likeness (QED) is 0.343. The summed E-state index contributed by atoms with van der Waals surface area (Å²) >= 11 is 0. The van der Waals surface area contributed by atoms with Gasteiger partial charge < -0.3 is 9.59 Å². The first-order valence-corrected chi connectivity index (χ1v) is 11.8. The van der Waals surface area contributed by atoms with Crippen molar-refractivity contribution in [1.82, 2.24) is 4.57 Å². The van der Waals surface area contributed by atoms with Crippen molar-refractivity contribution in [2.45, 2.75) is 5.41 Å². The third-order valence-electron chi connectivity index (χ3n) is 7.94. The number of hydrogen-bond acceptors (Lipinski definition) is 1. The Bertz CT molecular complexity index is 1810. The van der Waals surface area contributed by atoms with Gasteiger partial charge in [-0.15, -0.1) is 0 Å². The lowest BCUT2D eigenvalue weighted by Gasteiger charge is -2.39. The zero-order valence-electron chi connectivity index (χ0n) is 18.5. The third-order valence-corrected chi connectivity index (χ3v) is 7.94. The molecule has 2 heterocycles. The third kappa shape index (κ3) is 1.95. The van der Waals surface area contributed by atoms with Crippen molar-refractivity contribution in [3.8, 4) is 16.8 Å². The van der Waals surface area contributed by atoms with Gasteiger partial charge in [0.25, 0.3) is 0 Å². The lowest BCUT2D eigenvalue weighted by molar-refractivity contribution is 0.615. The summed E-state index contributed by atoms with van der Waals surface area (Å²) in [5.41, 5.74) is 12.0. The van der Waals surface area contributed by atoms with E-state index < -0.39 is 5.41 Å². The maximum atomic E-state index is 10.1. The van der Waals surface area contributed by atoms with Crippen LogP contribution in [0.1, 0.15) is 22.3 Å². The Morgan fingerprint density at radius 3 is 2.21 bits per heavy atom. The molecule has 1 aliphatic carbocycles. The van der Waals surface area contributed by atoms with Crippen LogP contribution in [-0.4, -0.2) is 17.1 Å². The van der Waals surface area contributed by atoms with Crippen LogP contribution in [0.15, 0.2) is 109 Å². The average Bonchev–Trinajstić information content (AvgIpc) is 3.39. The van der Waals surface area contributed by atoms with Gasteiger partial charge in [0.15, 0.2) is 0 Å². The molecule has 0 saturated carbocycles. The van der Waals surface area contributed by atoms with Gasteiger partial charge >= 0.3 is 7.48 Å². The minimum atomic E-state index is -0.433. The van der Waals surface area contributed by atoms with E-state index in [9.17, 15) is 5.02 Å². The summed E-state index contributed by atoms with van der Waals surface area (Å²) < 4.78 is 2.46. The van der Waals surface area contributed by atoms with E-state index in [1.807, 2.05) is 0 Å². The zero-order chi connectivity index (χ0) is 22.4. The van der Waals surface area contributed by atoms with Gasteiger partial charge in [0.1, 0.15) is 0 Å². The molecule has 5 aromatic carbocycles. The molecule has 0 saturated heterocycles. The van der Waals surface area contributed by atoms with Crippen molar-refractivity contribution in [1.29, 1.82) is 0 Å². The van der Waals surface area contributed by atoms with Gasteiger partial charge in [-0.1, -0.05) is 103 Å². The first kappa shape index (κ1) is 18.4. The smallest absolute Gasteiger partial charge is 0.304 e. The molecule has 6 aromatic rings. The van der Waals surface area contributed by atoms with Gasteiger partial charge in [-0.3, -0.25) is 0 Å². The van der Waals surface area contributed by atoms with E-state index in [2.05, 4.69) is 114 Å². The molecule has 0 bridgehead atoms. The number of hydrogen-bond donors (Lipinski definition) is 1. The number of benzene rings is 5. The van der Waals surface area contributed by atoms with Gasteiger partial charge in [0.05, 0.1) is 22.1 Å². The fraction of sp³-hybridized carbons (Fsp3) is 0.0323. The fourth-order valence-corrected chi connectivity index (χ4v) is 6.71. The Hall–Kier alpha value is -4.08. The molecule has 1 spiro atoms. The summed E-state index contributed by atoms with van der Waals surface area (Å²) in [6.45, 7) is 0. The molecule has 0 radical (unpaired) electrons. The van der Waals surface area contributed by atoms with E-state index in [-0.39, 0.29) is 7.48 Å². The Labute approximate surface area is 198 Å². The lowest BCUT2D eigenvalue weighted by atomic mass is 9.64. The van der Waals surface area contributed by atoms with Gasteiger partial charge in [-0.25, -0.2) is 0 Å². The van der Waals surface area contributed by atoms with Crippen LogP contribution in [0, 0.1) is 0 Å². The molecule has 1 aliphatic heterocycles. The summed E-state index contributed by atoms with van der Waals surface area (Å²) in [4.78, 5) is 0. The van der Waals surface area contributed by atoms with Crippen LogP contribution in [-0.2, 0) is 5.41 Å². The summed E-state index contributed by atoms with van der Waals surface area (Å²) in [6.07, 6.45) is 0. The standard InChI is InChI=1S/C31H20BNO/c34-32-19-16-17-21-20-8-1-3-11-24(20)31(27(21)18-19)25-12-4-6-15-29(25)33-28-14-5-2-9-22(28)23-10-7-13-26(31)30(23)33/h1-18,32,34H. The van der Waals surface area contributed by atoms with Crippen LogP contribution >= 0.6 is 0 Å². The monoisotopic (exact) mass is 433 g/mol. The Morgan fingerprint density at radius 1 is 0.588 bits per heavy atom. The molecular formula is C31H20BNO. The fourth-order valence-electron chi connectivity index (χ4n) is 6.71. The highest BCUT2D eigenvalue weighted by molar-refractivity contribution is 6.45. The predicted molar refractivity (Wildman–Crippen MR) is 141 cm³/mol. The molecule has 2 nitrogen and oxygen atoms in total. The second kappa shape index (κ2) is 6.28. The van der Waals surface area contributed by atoms with Gasteiger partial charge in [-0.05, 0) is 45.5 Å². The minimum Gasteiger partial charge on any atom is -0.449 e. The molecule has 1 atom stereocenters. The summed E-state index contributed by atoms with van der Waals surface area (Å²) in [5, 5.41) is 12.6. The van der Waals surface area contributed by atoms with Crippen LogP contribution in [0.4, 0.5) is 0 Å².